The molecule has 1 aromatic carbocycles. The topological polar surface area (TPSA) is 72.9 Å². The normalized spacial score (nSPS) is 10.5. The van der Waals surface area contributed by atoms with Crippen LogP contribution in [-0.4, -0.2) is 15.7 Å². The number of nitrogen functional groups attached to an aromatic ring is 1. The molecule has 5 nitrogen and oxygen atoms in total. The number of hydrogen-bond donors (Lipinski definition) is 2. The Morgan fingerprint density at radius 1 is 1.42 bits per heavy atom. The lowest BCUT2D eigenvalue weighted by molar-refractivity contribution is 0.101. The number of carbonyl (C=O) groups excluding carboxylic acids is 1. The van der Waals surface area contributed by atoms with Gasteiger partial charge in [-0.1, -0.05) is 0 Å². The number of anilines is 2. The van der Waals surface area contributed by atoms with Gasteiger partial charge in [0.2, 0.25) is 0 Å². The van der Waals surface area contributed by atoms with Crippen LogP contribution in [-0.2, 0) is 7.05 Å². The largest absolute Gasteiger partial charge is 0.396 e. The number of benzene rings is 1. The third-order valence-corrected chi connectivity index (χ3v) is 3.05. The number of amides is 1. The second kappa shape index (κ2) is 4.96. The van der Waals surface area contributed by atoms with Crippen LogP contribution in [0, 0.1) is 11.6 Å². The second-order valence-corrected chi connectivity index (χ2v) is 4.63. The van der Waals surface area contributed by atoms with Crippen molar-refractivity contribution in [3.8, 4) is 0 Å². The minimum atomic E-state index is -0.762. The van der Waals surface area contributed by atoms with Crippen molar-refractivity contribution in [3.05, 3.63) is 40.1 Å². The fraction of sp³-hybridized carbons (Fsp3) is 0.0909. The number of halogens is 3. The zero-order valence-electron chi connectivity index (χ0n) is 9.75. The van der Waals surface area contributed by atoms with Gasteiger partial charge in [0.05, 0.1) is 22.0 Å². The summed E-state index contributed by atoms with van der Waals surface area (Å²) in [5.41, 5.74) is 5.52. The van der Waals surface area contributed by atoms with E-state index in [1.54, 1.807) is 0 Å². The van der Waals surface area contributed by atoms with Crippen LogP contribution in [0.25, 0.3) is 0 Å². The van der Waals surface area contributed by atoms with Crippen molar-refractivity contribution < 1.29 is 13.6 Å². The van der Waals surface area contributed by atoms with Crippen LogP contribution in [0.5, 0.6) is 0 Å². The minimum absolute atomic E-state index is 0.0250. The van der Waals surface area contributed by atoms with E-state index in [1.165, 1.54) is 17.9 Å². The van der Waals surface area contributed by atoms with E-state index in [0.29, 0.717) is 0 Å². The van der Waals surface area contributed by atoms with Gasteiger partial charge >= 0.3 is 0 Å². The molecule has 0 aliphatic rings. The summed E-state index contributed by atoms with van der Waals surface area (Å²) in [7, 11) is 1.52. The molecule has 0 saturated heterocycles. The molecule has 3 N–H and O–H groups in total. The van der Waals surface area contributed by atoms with Gasteiger partial charge in [-0.15, -0.1) is 0 Å². The molecule has 0 saturated carbocycles. The molecular formula is C11H9BrF2N4O. The maximum Gasteiger partial charge on any atom is 0.276 e. The second-order valence-electron chi connectivity index (χ2n) is 3.77. The van der Waals surface area contributed by atoms with Gasteiger partial charge in [-0.05, 0) is 22.0 Å². The summed E-state index contributed by atoms with van der Waals surface area (Å²) in [6, 6.07) is 1.81. The molecule has 1 amide bonds. The fourth-order valence-corrected chi connectivity index (χ4v) is 1.85. The van der Waals surface area contributed by atoms with Gasteiger partial charge in [0.25, 0.3) is 5.91 Å². The maximum absolute atomic E-state index is 13.6. The van der Waals surface area contributed by atoms with Crippen molar-refractivity contribution in [2.45, 2.75) is 0 Å². The lowest BCUT2D eigenvalue weighted by atomic mass is 10.2. The highest BCUT2D eigenvalue weighted by Crippen LogP contribution is 2.24. The lowest BCUT2D eigenvalue weighted by Gasteiger charge is -2.08. The average molecular weight is 331 g/mol. The van der Waals surface area contributed by atoms with Gasteiger partial charge in [-0.2, -0.15) is 5.10 Å². The highest BCUT2D eigenvalue weighted by molar-refractivity contribution is 9.10. The summed E-state index contributed by atoms with van der Waals surface area (Å²) in [6.45, 7) is 0. The van der Waals surface area contributed by atoms with Crippen molar-refractivity contribution in [1.29, 1.82) is 0 Å². The summed E-state index contributed by atoms with van der Waals surface area (Å²) in [5, 5.41) is 6.04. The van der Waals surface area contributed by atoms with Crippen LogP contribution in [0.3, 0.4) is 0 Å². The fourth-order valence-electron chi connectivity index (χ4n) is 1.53. The van der Waals surface area contributed by atoms with Gasteiger partial charge in [-0.3, -0.25) is 9.48 Å². The van der Waals surface area contributed by atoms with E-state index in [9.17, 15) is 13.6 Å². The van der Waals surface area contributed by atoms with Crippen molar-refractivity contribution in [1.82, 2.24) is 9.78 Å². The predicted molar refractivity (Wildman–Crippen MR) is 69.6 cm³/mol. The standard InChI is InChI=1S/C11H9BrF2N4O/c1-18-10(8(15)4-16-18)11(19)17-9-3-6(13)5(12)2-7(9)14/h2-4H,15H2,1H3,(H,17,19). The molecule has 0 fully saturated rings. The van der Waals surface area contributed by atoms with Crippen LogP contribution in [0.15, 0.2) is 22.8 Å². The third kappa shape index (κ3) is 2.58. The molecule has 8 heteroatoms. The zero-order chi connectivity index (χ0) is 14.2. The SMILES string of the molecule is Cn1ncc(N)c1C(=O)Nc1cc(F)c(Br)cc1F. The first-order valence-electron chi connectivity index (χ1n) is 5.13. The predicted octanol–water partition coefficient (Wildman–Crippen LogP) is 2.30. The third-order valence-electron chi connectivity index (χ3n) is 2.44. The highest BCUT2D eigenvalue weighted by atomic mass is 79.9. The Kier molecular flexibility index (Phi) is 3.52. The molecule has 0 unspecified atom stereocenters. The van der Waals surface area contributed by atoms with E-state index in [1.807, 2.05) is 0 Å². The molecular weight excluding hydrogens is 322 g/mol. The first kappa shape index (κ1) is 13.5. The lowest BCUT2D eigenvalue weighted by Crippen LogP contribution is -2.18. The smallest absolute Gasteiger partial charge is 0.276 e. The number of aromatic nitrogens is 2. The number of nitrogens with two attached hydrogens (primary N) is 1. The van der Waals surface area contributed by atoms with E-state index < -0.39 is 17.5 Å². The Hall–Kier alpha value is -1.96. The molecule has 0 spiro atoms. The number of nitrogens with one attached hydrogen (secondary N) is 1. The van der Waals surface area contributed by atoms with Gasteiger partial charge in [0.15, 0.2) is 0 Å². The molecule has 0 bridgehead atoms. The summed E-state index contributed by atoms with van der Waals surface area (Å²) in [5.74, 6) is -2.12. The highest BCUT2D eigenvalue weighted by Gasteiger charge is 2.17. The van der Waals surface area contributed by atoms with E-state index in [0.717, 1.165) is 12.1 Å². The van der Waals surface area contributed by atoms with Gasteiger partial charge < -0.3 is 11.1 Å². The number of carbonyl (C=O) groups is 1. The van der Waals surface area contributed by atoms with E-state index >= 15 is 0 Å². The van der Waals surface area contributed by atoms with Crippen molar-refractivity contribution >= 4 is 33.2 Å². The van der Waals surface area contributed by atoms with Crippen LogP contribution >= 0.6 is 15.9 Å². The number of aryl methyl sites for hydroxylation is 1. The van der Waals surface area contributed by atoms with Crippen LogP contribution < -0.4 is 11.1 Å². The molecule has 0 radical (unpaired) electrons. The molecule has 19 heavy (non-hydrogen) atoms. The Balaban J connectivity index is 2.32. The monoisotopic (exact) mass is 330 g/mol. The molecule has 2 aromatic rings. The van der Waals surface area contributed by atoms with Crippen molar-refractivity contribution in [3.63, 3.8) is 0 Å². The maximum atomic E-state index is 13.6. The van der Waals surface area contributed by atoms with Gasteiger partial charge in [0, 0.05) is 13.1 Å². The van der Waals surface area contributed by atoms with E-state index in [-0.39, 0.29) is 21.5 Å². The molecule has 0 aliphatic carbocycles. The number of nitrogens with zero attached hydrogens (tertiary/aromatic N) is 2. The van der Waals surface area contributed by atoms with Crippen molar-refractivity contribution in [2.24, 2.45) is 7.05 Å². The molecule has 0 aliphatic heterocycles. The van der Waals surface area contributed by atoms with Gasteiger partial charge in [0.1, 0.15) is 17.3 Å². The first-order valence-corrected chi connectivity index (χ1v) is 5.93. The Bertz CT molecular complexity index is 637. The summed E-state index contributed by atoms with van der Waals surface area (Å²) >= 11 is 2.85. The molecule has 100 valence electrons. The minimum Gasteiger partial charge on any atom is -0.396 e. The molecule has 2 rings (SSSR count). The molecule has 1 aromatic heterocycles. The summed E-state index contributed by atoms with van der Waals surface area (Å²) < 4.78 is 28.1. The summed E-state index contributed by atoms with van der Waals surface area (Å²) in [4.78, 5) is 11.9. The summed E-state index contributed by atoms with van der Waals surface area (Å²) in [6.07, 6.45) is 1.30. The average Bonchev–Trinajstić information content (AvgIpc) is 2.66. The number of hydrogen-bond acceptors (Lipinski definition) is 3. The van der Waals surface area contributed by atoms with Crippen LogP contribution in [0.4, 0.5) is 20.2 Å². The zero-order valence-corrected chi connectivity index (χ0v) is 11.3. The van der Waals surface area contributed by atoms with Crippen LogP contribution in [0.2, 0.25) is 0 Å². The van der Waals surface area contributed by atoms with Crippen LogP contribution in [0.1, 0.15) is 10.5 Å². The van der Waals surface area contributed by atoms with Gasteiger partial charge in [-0.25, -0.2) is 8.78 Å². The first-order chi connectivity index (χ1) is 8.90. The Labute approximate surface area is 115 Å². The number of rotatable bonds is 2. The molecule has 0 atom stereocenters. The van der Waals surface area contributed by atoms with E-state index in [4.69, 9.17) is 5.73 Å². The Morgan fingerprint density at radius 3 is 2.68 bits per heavy atom. The Morgan fingerprint density at radius 2 is 2.11 bits per heavy atom. The quantitative estimate of drug-likeness (QED) is 0.830. The molecule has 1 heterocycles. The van der Waals surface area contributed by atoms with E-state index in [2.05, 4.69) is 26.3 Å². The van der Waals surface area contributed by atoms with Crippen molar-refractivity contribution in [2.75, 3.05) is 11.1 Å².